The molecule has 0 aromatic carbocycles. The van der Waals surface area contributed by atoms with Crippen LogP contribution in [-0.4, -0.2) is 86.0 Å². The minimum atomic E-state index is -1.31. The number of imidazole rings is 1. The second kappa shape index (κ2) is 15.0. The zero-order valence-corrected chi connectivity index (χ0v) is 20.8. The number of aromatic amines is 1. The zero-order chi connectivity index (χ0) is 26.5. The first kappa shape index (κ1) is 29.9. The highest BCUT2D eigenvalue weighted by Gasteiger charge is 2.32. The third-order valence-electron chi connectivity index (χ3n) is 5.07. The van der Waals surface area contributed by atoms with E-state index >= 15 is 0 Å². The molecule has 13 nitrogen and oxygen atoms in total. The molecule has 1 heterocycles. The van der Waals surface area contributed by atoms with Crippen LogP contribution in [0.3, 0.4) is 0 Å². The molecule has 3 amide bonds. The molecular formula is C21H34N6O7S. The Hall–Kier alpha value is -3.13. The number of rotatable bonds is 16. The topological polar surface area (TPSA) is 217 Å². The number of aliphatic carboxylic acids is 2. The fraction of sp³-hybridized carbons (Fsp3) is 0.619. The monoisotopic (exact) mass is 514 g/mol. The molecule has 196 valence electrons. The highest BCUT2D eigenvalue weighted by atomic mass is 32.2. The van der Waals surface area contributed by atoms with Crippen LogP contribution in [0.5, 0.6) is 0 Å². The molecule has 0 saturated heterocycles. The fourth-order valence-electron chi connectivity index (χ4n) is 3.08. The molecule has 0 fully saturated rings. The van der Waals surface area contributed by atoms with Gasteiger partial charge in [0.1, 0.15) is 18.1 Å². The van der Waals surface area contributed by atoms with E-state index in [1.165, 1.54) is 18.1 Å². The lowest BCUT2D eigenvalue weighted by molar-refractivity contribution is -0.143. The van der Waals surface area contributed by atoms with Crippen molar-refractivity contribution in [1.82, 2.24) is 25.9 Å². The first-order valence-corrected chi connectivity index (χ1v) is 12.4. The number of nitrogens with zero attached hydrogens (tertiary/aromatic N) is 1. The minimum Gasteiger partial charge on any atom is -0.481 e. The molecule has 0 saturated carbocycles. The molecule has 4 atom stereocenters. The number of carboxylic acid groups (broad SMARTS) is 2. The summed E-state index contributed by atoms with van der Waals surface area (Å²) in [5.74, 6) is -4.49. The molecule has 1 aromatic rings. The van der Waals surface area contributed by atoms with Gasteiger partial charge in [-0.05, 0) is 30.8 Å². The van der Waals surface area contributed by atoms with Gasteiger partial charge in [-0.15, -0.1) is 0 Å². The van der Waals surface area contributed by atoms with Crippen molar-refractivity contribution in [2.24, 2.45) is 11.7 Å². The van der Waals surface area contributed by atoms with E-state index < -0.39 is 66.2 Å². The molecule has 0 aliphatic carbocycles. The summed E-state index contributed by atoms with van der Waals surface area (Å²) in [5.41, 5.74) is 6.49. The number of nitrogens with two attached hydrogens (primary N) is 1. The van der Waals surface area contributed by atoms with Crippen molar-refractivity contribution in [1.29, 1.82) is 0 Å². The van der Waals surface area contributed by atoms with E-state index in [0.717, 1.165) is 0 Å². The molecule has 1 rings (SSSR count). The maximum absolute atomic E-state index is 13.0. The van der Waals surface area contributed by atoms with E-state index in [1.54, 1.807) is 26.3 Å². The van der Waals surface area contributed by atoms with E-state index in [4.69, 9.17) is 10.8 Å². The number of nitrogens with one attached hydrogen (secondary N) is 4. The lowest BCUT2D eigenvalue weighted by Crippen LogP contribution is -2.58. The van der Waals surface area contributed by atoms with E-state index in [0.29, 0.717) is 11.4 Å². The summed E-state index contributed by atoms with van der Waals surface area (Å²) in [6.07, 6.45) is 4.42. The molecule has 14 heteroatoms. The summed E-state index contributed by atoms with van der Waals surface area (Å²) in [4.78, 5) is 67.6. The molecule has 1 aromatic heterocycles. The Labute approximate surface area is 207 Å². The summed E-state index contributed by atoms with van der Waals surface area (Å²) in [5, 5.41) is 25.8. The summed E-state index contributed by atoms with van der Waals surface area (Å²) < 4.78 is 0. The molecule has 0 unspecified atom stereocenters. The number of H-pyrrole nitrogens is 1. The first-order valence-electron chi connectivity index (χ1n) is 11.0. The fourth-order valence-corrected chi connectivity index (χ4v) is 3.55. The van der Waals surface area contributed by atoms with Gasteiger partial charge in [-0.1, -0.05) is 13.8 Å². The average Bonchev–Trinajstić information content (AvgIpc) is 3.29. The van der Waals surface area contributed by atoms with E-state index in [9.17, 15) is 29.1 Å². The lowest BCUT2D eigenvalue weighted by atomic mass is 10.0. The molecule has 0 bridgehead atoms. The molecule has 0 aliphatic heterocycles. The molecule has 0 aliphatic rings. The summed E-state index contributed by atoms with van der Waals surface area (Å²) >= 11 is 1.41. The number of carboxylic acids is 2. The standard InChI is InChI=1S/C21H34N6O7S/c1-11(2)17(27-18(30)13(22)8-12-9-23-10-24-12)20(32)25-14(4-5-16(28)29)19(31)26-15(21(33)34)6-7-35-3/h9-11,13-15,17H,4-8,22H2,1-3H3,(H,23,24)(H,25,32)(H,26,31)(H,27,30)(H,28,29)(H,33,34)/t13-,14-,15-,17-/m0/s1. The Morgan fingerprint density at radius 2 is 1.69 bits per heavy atom. The van der Waals surface area contributed by atoms with Gasteiger partial charge in [0.2, 0.25) is 17.7 Å². The Morgan fingerprint density at radius 1 is 1.03 bits per heavy atom. The highest BCUT2D eigenvalue weighted by molar-refractivity contribution is 7.98. The third-order valence-corrected chi connectivity index (χ3v) is 5.72. The van der Waals surface area contributed by atoms with Crippen LogP contribution in [0, 0.1) is 5.92 Å². The van der Waals surface area contributed by atoms with Gasteiger partial charge in [0, 0.05) is 19.0 Å². The Balaban J connectivity index is 2.91. The second-order valence-electron chi connectivity index (χ2n) is 8.28. The predicted molar refractivity (Wildman–Crippen MR) is 128 cm³/mol. The van der Waals surface area contributed by atoms with Gasteiger partial charge in [0.25, 0.3) is 0 Å². The normalized spacial score (nSPS) is 14.4. The van der Waals surface area contributed by atoms with Gasteiger partial charge in [0.15, 0.2) is 0 Å². The highest BCUT2D eigenvalue weighted by Crippen LogP contribution is 2.08. The van der Waals surface area contributed by atoms with Crippen molar-refractivity contribution < 1.29 is 34.2 Å². The van der Waals surface area contributed by atoms with E-state index in [1.807, 2.05) is 0 Å². The van der Waals surface area contributed by atoms with Gasteiger partial charge in [-0.2, -0.15) is 11.8 Å². The van der Waals surface area contributed by atoms with E-state index in [2.05, 4.69) is 25.9 Å². The molecule has 35 heavy (non-hydrogen) atoms. The van der Waals surface area contributed by atoms with Crippen LogP contribution in [0.1, 0.15) is 38.8 Å². The van der Waals surface area contributed by atoms with Crippen LogP contribution in [0.25, 0.3) is 0 Å². The molecule has 0 radical (unpaired) electrons. The van der Waals surface area contributed by atoms with Crippen LogP contribution >= 0.6 is 11.8 Å². The van der Waals surface area contributed by atoms with Gasteiger partial charge < -0.3 is 36.9 Å². The molecule has 8 N–H and O–H groups in total. The summed E-state index contributed by atoms with van der Waals surface area (Å²) in [7, 11) is 0. The smallest absolute Gasteiger partial charge is 0.326 e. The quantitative estimate of drug-likeness (QED) is 0.144. The SMILES string of the molecule is CSCC[C@H](NC(=O)[C@H](CCC(=O)O)NC(=O)[C@@H](NC(=O)[C@@H](N)Cc1c[nH]cn1)C(C)C)C(=O)O. The number of thioether (sulfide) groups is 1. The van der Waals surface area contributed by atoms with Gasteiger partial charge in [-0.3, -0.25) is 19.2 Å². The number of carbonyl (C=O) groups excluding carboxylic acids is 3. The van der Waals surface area contributed by atoms with Crippen molar-refractivity contribution >= 4 is 41.4 Å². The van der Waals surface area contributed by atoms with Gasteiger partial charge >= 0.3 is 11.9 Å². The molecular weight excluding hydrogens is 480 g/mol. The number of carbonyl (C=O) groups is 5. The van der Waals surface area contributed by atoms with Crippen LogP contribution in [0.4, 0.5) is 0 Å². The second-order valence-corrected chi connectivity index (χ2v) is 9.26. The van der Waals surface area contributed by atoms with Crippen molar-refractivity contribution in [3.63, 3.8) is 0 Å². The third kappa shape index (κ3) is 10.8. The Bertz CT molecular complexity index is 864. The number of hydrogen-bond acceptors (Lipinski definition) is 8. The predicted octanol–water partition coefficient (Wildman–Crippen LogP) is -0.908. The van der Waals surface area contributed by atoms with Crippen molar-refractivity contribution in [2.75, 3.05) is 12.0 Å². The van der Waals surface area contributed by atoms with Crippen molar-refractivity contribution in [3.8, 4) is 0 Å². The zero-order valence-electron chi connectivity index (χ0n) is 19.9. The van der Waals surface area contributed by atoms with Crippen molar-refractivity contribution in [3.05, 3.63) is 18.2 Å². The van der Waals surface area contributed by atoms with E-state index in [-0.39, 0.29) is 19.3 Å². The summed E-state index contributed by atoms with van der Waals surface area (Å²) in [6.45, 7) is 3.36. The van der Waals surface area contributed by atoms with Crippen LogP contribution in [-0.2, 0) is 30.4 Å². The Kier molecular flexibility index (Phi) is 12.8. The largest absolute Gasteiger partial charge is 0.481 e. The number of amides is 3. The van der Waals surface area contributed by atoms with Gasteiger partial charge in [-0.25, -0.2) is 9.78 Å². The van der Waals surface area contributed by atoms with Crippen LogP contribution < -0.4 is 21.7 Å². The summed E-state index contributed by atoms with van der Waals surface area (Å²) in [6, 6.07) is -4.56. The average molecular weight is 515 g/mol. The lowest BCUT2D eigenvalue weighted by Gasteiger charge is -2.26. The molecule has 0 spiro atoms. The maximum Gasteiger partial charge on any atom is 0.326 e. The van der Waals surface area contributed by atoms with Crippen LogP contribution in [0.2, 0.25) is 0 Å². The van der Waals surface area contributed by atoms with Gasteiger partial charge in [0.05, 0.1) is 18.1 Å². The maximum atomic E-state index is 13.0. The minimum absolute atomic E-state index is 0.137. The number of aromatic nitrogens is 2. The van der Waals surface area contributed by atoms with Crippen molar-refractivity contribution in [2.45, 2.75) is 63.7 Å². The number of hydrogen-bond donors (Lipinski definition) is 7. The first-order chi connectivity index (χ1) is 16.5. The Morgan fingerprint density at radius 3 is 2.20 bits per heavy atom. The van der Waals surface area contributed by atoms with Crippen LogP contribution in [0.15, 0.2) is 12.5 Å².